The summed E-state index contributed by atoms with van der Waals surface area (Å²) >= 11 is 1.93. The second-order valence-electron chi connectivity index (χ2n) is 4.97. The van der Waals surface area contributed by atoms with Crippen molar-refractivity contribution in [3.05, 3.63) is 24.2 Å². The van der Waals surface area contributed by atoms with E-state index in [2.05, 4.69) is 17.2 Å². The van der Waals surface area contributed by atoms with Crippen molar-refractivity contribution in [1.29, 1.82) is 0 Å². The van der Waals surface area contributed by atoms with Gasteiger partial charge in [0.25, 0.3) is 0 Å². The first kappa shape index (κ1) is 11.2. The zero-order valence-corrected chi connectivity index (χ0v) is 10.9. The highest BCUT2D eigenvalue weighted by Gasteiger charge is 2.35. The molecule has 2 aliphatic rings. The number of nitrogens with one attached hydrogen (secondary N) is 1. The molecular formula is C13H18N2OS. The van der Waals surface area contributed by atoms with E-state index in [1.54, 1.807) is 6.26 Å². The molecule has 1 saturated carbocycles. The van der Waals surface area contributed by atoms with Crippen LogP contribution in [0.1, 0.15) is 25.5 Å². The molecule has 0 radical (unpaired) electrons. The van der Waals surface area contributed by atoms with Gasteiger partial charge in [-0.2, -0.15) is 0 Å². The van der Waals surface area contributed by atoms with Crippen LogP contribution in [-0.2, 0) is 6.42 Å². The fourth-order valence-electron chi connectivity index (χ4n) is 2.18. The van der Waals surface area contributed by atoms with Gasteiger partial charge in [0.1, 0.15) is 5.76 Å². The van der Waals surface area contributed by atoms with Crippen molar-refractivity contribution in [2.45, 2.75) is 37.5 Å². The third-order valence-electron chi connectivity index (χ3n) is 3.28. The molecule has 1 aromatic rings. The lowest BCUT2D eigenvalue weighted by atomic mass is 10.2. The molecule has 0 spiro atoms. The molecule has 92 valence electrons. The average molecular weight is 250 g/mol. The zero-order chi connectivity index (χ0) is 11.7. The first-order valence-corrected chi connectivity index (χ1v) is 7.19. The summed E-state index contributed by atoms with van der Waals surface area (Å²) in [4.78, 5) is 4.59. The normalized spacial score (nSPS) is 25.7. The molecule has 0 aromatic carbocycles. The number of rotatable bonds is 4. The van der Waals surface area contributed by atoms with Gasteiger partial charge in [0.2, 0.25) is 0 Å². The standard InChI is InChI=1S/C13H18N2OS/c1-9(7-11-3-2-6-16-11)15-13-14-8-12(17-13)10-4-5-10/h2-3,6,9-10,12H,4-5,7-8H2,1H3,(H,14,15). The second kappa shape index (κ2) is 4.77. The number of thioether (sulfide) groups is 1. The lowest BCUT2D eigenvalue weighted by Gasteiger charge is -2.13. The maximum atomic E-state index is 5.35. The van der Waals surface area contributed by atoms with Crippen molar-refractivity contribution in [1.82, 2.24) is 5.32 Å². The Morgan fingerprint density at radius 1 is 1.59 bits per heavy atom. The van der Waals surface area contributed by atoms with Gasteiger partial charge in [-0.1, -0.05) is 11.8 Å². The number of hydrogen-bond acceptors (Lipinski definition) is 4. The van der Waals surface area contributed by atoms with Gasteiger partial charge < -0.3 is 9.73 Å². The predicted molar refractivity (Wildman–Crippen MR) is 71.4 cm³/mol. The van der Waals surface area contributed by atoms with Crippen LogP contribution in [-0.4, -0.2) is 23.0 Å². The molecule has 1 aliphatic heterocycles. The summed E-state index contributed by atoms with van der Waals surface area (Å²) in [6.45, 7) is 3.18. The van der Waals surface area contributed by atoms with Crippen molar-refractivity contribution in [2.24, 2.45) is 10.9 Å². The van der Waals surface area contributed by atoms with E-state index in [4.69, 9.17) is 4.42 Å². The van der Waals surface area contributed by atoms with Crippen molar-refractivity contribution in [3.63, 3.8) is 0 Å². The zero-order valence-electron chi connectivity index (χ0n) is 10.1. The maximum absolute atomic E-state index is 5.35. The van der Waals surface area contributed by atoms with E-state index in [1.165, 1.54) is 12.8 Å². The van der Waals surface area contributed by atoms with E-state index in [0.29, 0.717) is 6.04 Å². The van der Waals surface area contributed by atoms with Gasteiger partial charge in [0, 0.05) is 17.7 Å². The minimum atomic E-state index is 0.380. The third-order valence-corrected chi connectivity index (χ3v) is 4.59. The smallest absolute Gasteiger partial charge is 0.157 e. The summed E-state index contributed by atoms with van der Waals surface area (Å²) in [5, 5.41) is 5.35. The van der Waals surface area contributed by atoms with E-state index in [0.717, 1.165) is 35.1 Å². The Hall–Kier alpha value is -0.900. The van der Waals surface area contributed by atoms with Gasteiger partial charge in [-0.25, -0.2) is 0 Å². The molecule has 0 amide bonds. The monoisotopic (exact) mass is 250 g/mol. The molecule has 0 bridgehead atoms. The van der Waals surface area contributed by atoms with Gasteiger partial charge in [-0.3, -0.25) is 4.99 Å². The van der Waals surface area contributed by atoms with Gasteiger partial charge in [0.15, 0.2) is 5.17 Å². The van der Waals surface area contributed by atoms with Gasteiger partial charge in [0.05, 0.1) is 12.8 Å². The first-order valence-electron chi connectivity index (χ1n) is 6.31. The van der Waals surface area contributed by atoms with Crippen LogP contribution < -0.4 is 5.32 Å². The number of amidine groups is 1. The molecule has 4 heteroatoms. The summed E-state index contributed by atoms with van der Waals surface area (Å²) in [5.74, 6) is 1.97. The van der Waals surface area contributed by atoms with Crippen molar-refractivity contribution < 1.29 is 4.42 Å². The minimum absolute atomic E-state index is 0.380. The van der Waals surface area contributed by atoms with Crippen LogP contribution in [0, 0.1) is 5.92 Å². The highest BCUT2D eigenvalue weighted by atomic mass is 32.2. The summed E-state index contributed by atoms with van der Waals surface area (Å²) < 4.78 is 5.35. The summed E-state index contributed by atoms with van der Waals surface area (Å²) in [5.41, 5.74) is 0. The van der Waals surface area contributed by atoms with Crippen molar-refractivity contribution in [2.75, 3.05) is 6.54 Å². The highest BCUT2D eigenvalue weighted by molar-refractivity contribution is 8.14. The van der Waals surface area contributed by atoms with E-state index in [9.17, 15) is 0 Å². The molecule has 2 atom stereocenters. The molecule has 1 aliphatic carbocycles. The number of furan rings is 1. The van der Waals surface area contributed by atoms with Crippen LogP contribution in [0.2, 0.25) is 0 Å². The Balaban J connectivity index is 1.47. The SMILES string of the molecule is CC(Cc1ccco1)NC1=NCC(C2CC2)S1. The molecule has 3 nitrogen and oxygen atoms in total. The van der Waals surface area contributed by atoms with Crippen LogP contribution >= 0.6 is 11.8 Å². The van der Waals surface area contributed by atoms with Crippen LogP contribution in [0.4, 0.5) is 0 Å². The molecule has 3 rings (SSSR count). The lowest BCUT2D eigenvalue weighted by molar-refractivity contribution is 0.482. The van der Waals surface area contributed by atoms with Crippen molar-refractivity contribution >= 4 is 16.9 Å². The highest BCUT2D eigenvalue weighted by Crippen LogP contribution is 2.41. The molecule has 1 N–H and O–H groups in total. The van der Waals surface area contributed by atoms with E-state index < -0.39 is 0 Å². The Bertz CT molecular complexity index is 398. The molecule has 1 aromatic heterocycles. The van der Waals surface area contributed by atoms with Gasteiger partial charge >= 0.3 is 0 Å². The molecular weight excluding hydrogens is 232 g/mol. The van der Waals surface area contributed by atoms with E-state index in [1.807, 2.05) is 23.9 Å². The van der Waals surface area contributed by atoms with Gasteiger partial charge in [-0.15, -0.1) is 0 Å². The van der Waals surface area contributed by atoms with E-state index in [-0.39, 0.29) is 0 Å². The Morgan fingerprint density at radius 3 is 3.18 bits per heavy atom. The topological polar surface area (TPSA) is 37.5 Å². The molecule has 2 unspecified atom stereocenters. The van der Waals surface area contributed by atoms with Crippen LogP contribution in [0.15, 0.2) is 27.8 Å². The minimum Gasteiger partial charge on any atom is -0.469 e. The Labute approximate surface area is 106 Å². The largest absolute Gasteiger partial charge is 0.469 e. The second-order valence-corrected chi connectivity index (χ2v) is 6.20. The van der Waals surface area contributed by atoms with Crippen molar-refractivity contribution in [3.8, 4) is 0 Å². The van der Waals surface area contributed by atoms with Crippen LogP contribution in [0.3, 0.4) is 0 Å². The fourth-order valence-corrected chi connectivity index (χ4v) is 3.49. The van der Waals surface area contributed by atoms with Gasteiger partial charge in [-0.05, 0) is 37.8 Å². The average Bonchev–Trinajstić information content (AvgIpc) is 2.84. The third kappa shape index (κ3) is 2.86. The molecule has 0 saturated heterocycles. The summed E-state index contributed by atoms with van der Waals surface area (Å²) in [6, 6.07) is 4.34. The van der Waals surface area contributed by atoms with E-state index >= 15 is 0 Å². The van der Waals surface area contributed by atoms with Crippen LogP contribution in [0.5, 0.6) is 0 Å². The quantitative estimate of drug-likeness (QED) is 0.892. The fraction of sp³-hybridized carbons (Fsp3) is 0.615. The molecule has 17 heavy (non-hydrogen) atoms. The lowest BCUT2D eigenvalue weighted by Crippen LogP contribution is -2.31. The first-order chi connectivity index (χ1) is 8.31. The Morgan fingerprint density at radius 2 is 2.47 bits per heavy atom. The number of aliphatic imine (C=N–C) groups is 1. The molecule has 1 fully saturated rings. The number of hydrogen-bond donors (Lipinski definition) is 1. The molecule has 2 heterocycles. The summed E-state index contributed by atoms with van der Waals surface area (Å²) in [6.07, 6.45) is 5.46. The summed E-state index contributed by atoms with van der Waals surface area (Å²) in [7, 11) is 0. The maximum Gasteiger partial charge on any atom is 0.157 e. The predicted octanol–water partition coefficient (Wildman–Crippen LogP) is 2.68. The van der Waals surface area contributed by atoms with Crippen LogP contribution in [0.25, 0.3) is 0 Å². The number of nitrogens with zero attached hydrogens (tertiary/aromatic N) is 1. The Kier molecular flexibility index (Phi) is 3.14.